The maximum absolute atomic E-state index is 13.6. The minimum atomic E-state index is -1.38. The van der Waals surface area contributed by atoms with Crippen molar-refractivity contribution in [1.29, 1.82) is 0 Å². The van der Waals surface area contributed by atoms with Gasteiger partial charge in [-0.15, -0.1) is 0 Å². The highest BCUT2D eigenvalue weighted by atomic mass is 79.9. The number of thioether (sulfide) groups is 1. The number of carbonyl (C=O) groups is 1. The standard InChI is InChI=1S/C33H38BrFN2O5S/c1-31-15-19(17-36)25(37-22-6-3-5-21(34)14-22)13-20(31)8-9-23-24-10-11-33(30(40)43-18-35,32(24,2)16-26(38)28(23)31)42-29(39)27-7-4-12-41-27/h3-7,12-14,17,23-24,26,28,30,38,40H,8-11,15-16,18,36H2,1-2H3. The van der Waals surface area contributed by atoms with Crippen LogP contribution in [0.1, 0.15) is 62.9 Å². The number of carbonyl (C=O) groups excluding carboxylic acids is 1. The van der Waals surface area contributed by atoms with Gasteiger partial charge < -0.3 is 25.1 Å². The Kier molecular flexibility index (Phi) is 8.20. The smallest absolute Gasteiger partial charge is 0.374 e. The number of esters is 1. The van der Waals surface area contributed by atoms with Gasteiger partial charge in [0.15, 0.2) is 5.60 Å². The van der Waals surface area contributed by atoms with Crippen LogP contribution in [0.25, 0.3) is 0 Å². The van der Waals surface area contributed by atoms with Crippen molar-refractivity contribution in [3.8, 4) is 0 Å². The number of fused-ring (bicyclic) bond motifs is 5. The fourth-order valence-corrected chi connectivity index (χ4v) is 10.3. The first-order valence-electron chi connectivity index (χ1n) is 14.8. The van der Waals surface area contributed by atoms with Gasteiger partial charge in [0, 0.05) is 9.89 Å². The van der Waals surface area contributed by atoms with E-state index in [1.807, 2.05) is 31.2 Å². The summed E-state index contributed by atoms with van der Waals surface area (Å²) in [5.74, 6) is -0.548. The molecular formula is C33H38BrFN2O5S. The number of ether oxygens (including phenoxy) is 1. The fourth-order valence-electron chi connectivity index (χ4n) is 9.07. The van der Waals surface area contributed by atoms with Crippen LogP contribution in [0.4, 0.5) is 10.1 Å². The van der Waals surface area contributed by atoms with E-state index in [-0.39, 0.29) is 28.9 Å². The highest BCUT2D eigenvalue weighted by Gasteiger charge is 2.70. The van der Waals surface area contributed by atoms with Gasteiger partial charge in [-0.2, -0.15) is 0 Å². The number of aliphatic hydroxyl groups is 2. The van der Waals surface area contributed by atoms with E-state index >= 15 is 0 Å². The molecule has 3 saturated carbocycles. The summed E-state index contributed by atoms with van der Waals surface area (Å²) in [6.07, 6.45) is 8.19. The summed E-state index contributed by atoms with van der Waals surface area (Å²) in [4.78, 5) is 18.1. The second kappa shape index (κ2) is 11.5. The van der Waals surface area contributed by atoms with Crippen molar-refractivity contribution in [1.82, 2.24) is 0 Å². The van der Waals surface area contributed by atoms with Crippen LogP contribution < -0.4 is 5.73 Å². The molecule has 3 fully saturated rings. The molecular weight excluding hydrogens is 635 g/mol. The van der Waals surface area contributed by atoms with Crippen LogP contribution >= 0.6 is 27.7 Å². The first kappa shape index (κ1) is 30.6. The molecule has 8 atom stereocenters. The fraction of sp³-hybridized carbons (Fsp3) is 0.515. The predicted octanol–water partition coefficient (Wildman–Crippen LogP) is 7.08. The first-order valence-corrected chi connectivity index (χ1v) is 16.7. The van der Waals surface area contributed by atoms with Gasteiger partial charge in [-0.3, -0.25) is 0 Å². The van der Waals surface area contributed by atoms with Crippen molar-refractivity contribution >= 4 is 45.1 Å². The van der Waals surface area contributed by atoms with E-state index in [2.05, 4.69) is 28.9 Å². The van der Waals surface area contributed by atoms with E-state index in [4.69, 9.17) is 19.9 Å². The number of hydrogen-bond donors (Lipinski definition) is 3. The molecule has 7 nitrogen and oxygen atoms in total. The lowest BCUT2D eigenvalue weighted by Gasteiger charge is -2.61. The Bertz CT molecular complexity index is 1480. The predicted molar refractivity (Wildman–Crippen MR) is 168 cm³/mol. The van der Waals surface area contributed by atoms with Gasteiger partial charge in [-0.1, -0.05) is 53.2 Å². The quantitative estimate of drug-likeness (QED) is 0.222. The number of aliphatic hydroxyl groups excluding tert-OH is 2. The number of hydrogen-bond acceptors (Lipinski definition) is 8. The minimum absolute atomic E-state index is 0.0294. The molecule has 1 aromatic carbocycles. The molecule has 8 unspecified atom stereocenters. The molecule has 4 N–H and O–H groups in total. The number of halogens is 2. The molecule has 1 aromatic heterocycles. The summed E-state index contributed by atoms with van der Waals surface area (Å²) >= 11 is 4.25. The largest absolute Gasteiger partial charge is 0.457 e. The molecule has 0 saturated heterocycles. The van der Waals surface area contributed by atoms with Gasteiger partial charge in [-0.25, -0.2) is 14.2 Å². The topological polar surface area (TPSA) is 118 Å². The average molecular weight is 674 g/mol. The number of benzene rings is 1. The summed E-state index contributed by atoms with van der Waals surface area (Å²) in [5.41, 5.74) is 6.29. The van der Waals surface area contributed by atoms with E-state index < -0.39 is 34.5 Å². The van der Waals surface area contributed by atoms with Crippen LogP contribution in [0, 0.1) is 28.6 Å². The molecule has 10 heteroatoms. The van der Waals surface area contributed by atoms with Crippen molar-refractivity contribution in [3.63, 3.8) is 0 Å². The third-order valence-electron chi connectivity index (χ3n) is 10.9. The second-order valence-electron chi connectivity index (χ2n) is 12.9. The van der Waals surface area contributed by atoms with E-state index in [1.165, 1.54) is 17.9 Å². The molecule has 0 bridgehead atoms. The number of rotatable bonds is 6. The third-order valence-corrected chi connectivity index (χ3v) is 12.2. The molecule has 230 valence electrons. The Morgan fingerprint density at radius 1 is 1.33 bits per heavy atom. The van der Waals surface area contributed by atoms with Crippen LogP contribution in [0.3, 0.4) is 0 Å². The second-order valence-corrected chi connectivity index (χ2v) is 14.8. The zero-order valence-corrected chi connectivity index (χ0v) is 26.7. The number of aliphatic imine (C=N–C) groups is 1. The average Bonchev–Trinajstić information content (AvgIpc) is 3.60. The molecule has 0 spiro atoms. The normalized spacial score (nSPS) is 37.8. The molecule has 1 heterocycles. The Morgan fingerprint density at radius 3 is 2.84 bits per heavy atom. The van der Waals surface area contributed by atoms with Crippen LogP contribution in [0.5, 0.6) is 0 Å². The monoisotopic (exact) mass is 672 g/mol. The molecule has 6 rings (SSSR count). The van der Waals surface area contributed by atoms with Crippen molar-refractivity contribution in [2.75, 3.05) is 6.01 Å². The number of allylic oxidation sites excluding steroid dienone is 3. The maximum atomic E-state index is 13.6. The Morgan fingerprint density at radius 2 is 2.14 bits per heavy atom. The van der Waals surface area contributed by atoms with E-state index in [0.29, 0.717) is 25.7 Å². The maximum Gasteiger partial charge on any atom is 0.374 e. The van der Waals surface area contributed by atoms with Crippen molar-refractivity contribution in [2.24, 2.45) is 39.3 Å². The minimum Gasteiger partial charge on any atom is -0.457 e. The molecule has 43 heavy (non-hydrogen) atoms. The summed E-state index contributed by atoms with van der Waals surface area (Å²) < 4.78 is 26.0. The Hall–Kier alpha value is -2.40. The van der Waals surface area contributed by atoms with Crippen LogP contribution in [0.2, 0.25) is 0 Å². The van der Waals surface area contributed by atoms with Gasteiger partial charge in [-0.05, 0) is 110 Å². The molecule has 0 radical (unpaired) electrons. The lowest BCUT2D eigenvalue weighted by Crippen LogP contribution is -2.63. The number of alkyl halides is 1. The highest BCUT2D eigenvalue weighted by molar-refractivity contribution is 9.10. The van der Waals surface area contributed by atoms with Crippen LogP contribution in [0.15, 0.2) is 80.0 Å². The zero-order valence-electron chi connectivity index (χ0n) is 24.3. The molecule has 0 aliphatic heterocycles. The summed E-state index contributed by atoms with van der Waals surface area (Å²) in [6.45, 7) is 4.23. The summed E-state index contributed by atoms with van der Waals surface area (Å²) in [7, 11) is 0. The van der Waals surface area contributed by atoms with Crippen LogP contribution in [-0.2, 0) is 4.74 Å². The van der Waals surface area contributed by atoms with Crippen molar-refractivity contribution < 1.29 is 28.6 Å². The number of nitrogens with zero attached hydrogens (tertiary/aromatic N) is 1. The molecule has 4 aliphatic carbocycles. The van der Waals surface area contributed by atoms with E-state index in [9.17, 15) is 19.4 Å². The summed E-state index contributed by atoms with van der Waals surface area (Å²) in [5, 5.41) is 23.4. The molecule has 2 aromatic rings. The van der Waals surface area contributed by atoms with Gasteiger partial charge in [0.1, 0.15) is 11.4 Å². The SMILES string of the molecule is CC12CC(=CN)C(=Nc3cccc(Br)c3)C=C1CCC1C2C(O)CC2(C)C1CCC2(OC(=O)c1ccco1)C(O)SCF. The third kappa shape index (κ3) is 4.93. The number of nitrogens with two attached hydrogens (primary N) is 1. The Balaban J connectivity index is 1.35. The van der Waals surface area contributed by atoms with Gasteiger partial charge in [0.05, 0.1) is 23.8 Å². The zero-order chi connectivity index (χ0) is 30.6. The summed E-state index contributed by atoms with van der Waals surface area (Å²) in [6, 6.07) is 10.1. The van der Waals surface area contributed by atoms with E-state index in [1.54, 1.807) is 12.3 Å². The van der Waals surface area contributed by atoms with Gasteiger partial charge >= 0.3 is 5.97 Å². The molecule has 0 amide bonds. The van der Waals surface area contributed by atoms with E-state index in [0.717, 1.165) is 46.0 Å². The van der Waals surface area contributed by atoms with Gasteiger partial charge in [0.2, 0.25) is 5.76 Å². The lowest BCUT2D eigenvalue weighted by molar-refractivity contribution is -0.188. The van der Waals surface area contributed by atoms with Crippen molar-refractivity contribution in [3.05, 3.63) is 76.3 Å². The highest BCUT2D eigenvalue weighted by Crippen LogP contribution is 2.69. The van der Waals surface area contributed by atoms with Gasteiger partial charge in [0.25, 0.3) is 0 Å². The first-order chi connectivity index (χ1) is 20.6. The Labute approximate surface area is 264 Å². The number of furan rings is 1. The van der Waals surface area contributed by atoms with Crippen LogP contribution in [-0.4, -0.2) is 45.0 Å². The molecule has 4 aliphatic rings. The van der Waals surface area contributed by atoms with Crippen molar-refractivity contribution in [2.45, 2.75) is 69.5 Å². The lowest BCUT2D eigenvalue weighted by atomic mass is 9.45.